The molecule has 1 aromatic carbocycles. The van der Waals surface area contributed by atoms with Gasteiger partial charge in [-0.2, -0.15) is 0 Å². The third-order valence-corrected chi connectivity index (χ3v) is 4.33. The van der Waals surface area contributed by atoms with Gasteiger partial charge in [-0.25, -0.2) is 4.39 Å². The molecule has 1 aliphatic rings. The van der Waals surface area contributed by atoms with Crippen molar-refractivity contribution in [2.24, 2.45) is 11.8 Å². The highest BCUT2D eigenvalue weighted by atomic mass is 35.5. The van der Waals surface area contributed by atoms with Crippen molar-refractivity contribution >= 4 is 17.6 Å². The van der Waals surface area contributed by atoms with E-state index in [9.17, 15) is 14.3 Å². The van der Waals surface area contributed by atoms with Crippen LogP contribution < -0.4 is 0 Å². The number of carbonyl (C=O) groups is 1. The molecule has 2 atom stereocenters. The average molecular weight is 285 g/mol. The summed E-state index contributed by atoms with van der Waals surface area (Å²) >= 11 is 6.03. The molecule has 1 aromatic rings. The van der Waals surface area contributed by atoms with Crippen LogP contribution >= 0.6 is 11.6 Å². The van der Waals surface area contributed by atoms with Gasteiger partial charge < -0.3 is 5.11 Å². The van der Waals surface area contributed by atoms with Crippen molar-refractivity contribution in [3.05, 3.63) is 34.6 Å². The van der Waals surface area contributed by atoms with Crippen LogP contribution in [-0.2, 0) is 11.2 Å². The largest absolute Gasteiger partial charge is 0.481 e. The van der Waals surface area contributed by atoms with Gasteiger partial charge in [-0.1, -0.05) is 36.9 Å². The summed E-state index contributed by atoms with van der Waals surface area (Å²) in [6.45, 7) is 0. The molecule has 0 aliphatic heterocycles. The van der Waals surface area contributed by atoms with Crippen LogP contribution in [-0.4, -0.2) is 11.1 Å². The number of halogens is 2. The van der Waals surface area contributed by atoms with Gasteiger partial charge in [0.2, 0.25) is 0 Å². The molecule has 2 unspecified atom stereocenters. The lowest BCUT2D eigenvalue weighted by Gasteiger charge is -2.22. The van der Waals surface area contributed by atoms with Crippen LogP contribution in [0.15, 0.2) is 18.2 Å². The Hall–Kier alpha value is -1.09. The lowest BCUT2D eigenvalue weighted by Crippen LogP contribution is -2.24. The molecule has 0 radical (unpaired) electrons. The quantitative estimate of drug-likeness (QED) is 0.840. The smallest absolute Gasteiger partial charge is 0.306 e. The topological polar surface area (TPSA) is 37.3 Å². The Morgan fingerprint density at radius 1 is 1.32 bits per heavy atom. The van der Waals surface area contributed by atoms with E-state index in [1.165, 1.54) is 12.1 Å². The molecule has 2 nitrogen and oxygen atoms in total. The Labute approximate surface area is 117 Å². The molecule has 4 heteroatoms. The first kappa shape index (κ1) is 14.3. The summed E-state index contributed by atoms with van der Waals surface area (Å²) in [6.07, 6.45) is 5.40. The maximum atomic E-state index is 13.0. The third kappa shape index (κ3) is 3.69. The molecule has 0 heterocycles. The van der Waals surface area contributed by atoms with E-state index in [0.717, 1.165) is 37.7 Å². The summed E-state index contributed by atoms with van der Waals surface area (Å²) in [6, 6.07) is 4.35. The Bertz CT molecular complexity index is 461. The summed E-state index contributed by atoms with van der Waals surface area (Å²) < 4.78 is 13.0. The fourth-order valence-corrected chi connectivity index (χ4v) is 3.17. The molecule has 19 heavy (non-hydrogen) atoms. The lowest BCUT2D eigenvalue weighted by molar-refractivity contribution is -0.143. The van der Waals surface area contributed by atoms with E-state index in [1.54, 1.807) is 6.07 Å². The standard InChI is InChI=1S/C15H18ClFO2/c16-14-9-12(17)7-6-11(14)8-10-4-2-1-3-5-13(10)15(18)19/h6-7,9-10,13H,1-5,8H2,(H,18,19). The van der Waals surface area contributed by atoms with E-state index < -0.39 is 5.97 Å². The van der Waals surface area contributed by atoms with E-state index in [1.807, 2.05) is 0 Å². The molecule has 0 spiro atoms. The summed E-state index contributed by atoms with van der Waals surface area (Å²) in [5, 5.41) is 9.73. The molecule has 0 aromatic heterocycles. The van der Waals surface area contributed by atoms with E-state index in [4.69, 9.17) is 11.6 Å². The van der Waals surface area contributed by atoms with Crippen molar-refractivity contribution in [2.75, 3.05) is 0 Å². The van der Waals surface area contributed by atoms with Crippen molar-refractivity contribution < 1.29 is 14.3 Å². The molecule has 1 aliphatic carbocycles. The summed E-state index contributed by atoms with van der Waals surface area (Å²) in [7, 11) is 0. The highest BCUT2D eigenvalue weighted by Gasteiger charge is 2.29. The minimum absolute atomic E-state index is 0.1000. The minimum atomic E-state index is -0.717. The first-order valence-electron chi connectivity index (χ1n) is 6.74. The van der Waals surface area contributed by atoms with Gasteiger partial charge in [0, 0.05) is 5.02 Å². The SMILES string of the molecule is O=C(O)C1CCCCCC1Cc1ccc(F)cc1Cl. The van der Waals surface area contributed by atoms with E-state index in [0.29, 0.717) is 11.4 Å². The van der Waals surface area contributed by atoms with Crippen LogP contribution in [0, 0.1) is 17.7 Å². The van der Waals surface area contributed by atoms with Gasteiger partial charge in [-0.05, 0) is 42.9 Å². The highest BCUT2D eigenvalue weighted by Crippen LogP contribution is 2.33. The predicted octanol–water partition coefficient (Wildman–Crippen LogP) is 4.30. The zero-order valence-electron chi connectivity index (χ0n) is 10.7. The van der Waals surface area contributed by atoms with Crippen molar-refractivity contribution in [2.45, 2.75) is 38.5 Å². The molecule has 104 valence electrons. The molecule has 1 saturated carbocycles. The van der Waals surface area contributed by atoms with E-state index in [2.05, 4.69) is 0 Å². The van der Waals surface area contributed by atoms with Gasteiger partial charge in [0.25, 0.3) is 0 Å². The summed E-state index contributed by atoms with van der Waals surface area (Å²) in [5.41, 5.74) is 0.848. The fraction of sp³-hybridized carbons (Fsp3) is 0.533. The molecule has 2 rings (SSSR count). The highest BCUT2D eigenvalue weighted by molar-refractivity contribution is 6.31. The number of aliphatic carboxylic acids is 1. The predicted molar refractivity (Wildman–Crippen MR) is 72.8 cm³/mol. The van der Waals surface area contributed by atoms with Gasteiger partial charge in [0.1, 0.15) is 5.82 Å². The second-order valence-corrected chi connectivity index (χ2v) is 5.69. The Morgan fingerprint density at radius 3 is 2.74 bits per heavy atom. The van der Waals surface area contributed by atoms with Crippen molar-refractivity contribution in [1.82, 2.24) is 0 Å². The molecule has 0 bridgehead atoms. The number of carboxylic acid groups (broad SMARTS) is 1. The van der Waals surface area contributed by atoms with Crippen LogP contribution in [0.25, 0.3) is 0 Å². The van der Waals surface area contributed by atoms with Crippen molar-refractivity contribution in [3.8, 4) is 0 Å². The van der Waals surface area contributed by atoms with E-state index >= 15 is 0 Å². The van der Waals surface area contributed by atoms with Crippen LogP contribution in [0.4, 0.5) is 4.39 Å². The number of hydrogen-bond donors (Lipinski definition) is 1. The normalized spacial score (nSPS) is 23.9. The third-order valence-electron chi connectivity index (χ3n) is 3.97. The monoisotopic (exact) mass is 284 g/mol. The van der Waals surface area contributed by atoms with Gasteiger partial charge in [-0.3, -0.25) is 4.79 Å². The Kier molecular flexibility index (Phi) is 4.81. The number of carboxylic acids is 1. The maximum Gasteiger partial charge on any atom is 0.306 e. The maximum absolute atomic E-state index is 13.0. The minimum Gasteiger partial charge on any atom is -0.481 e. The molecular weight excluding hydrogens is 267 g/mol. The van der Waals surface area contributed by atoms with Crippen LogP contribution in [0.3, 0.4) is 0 Å². The van der Waals surface area contributed by atoms with Crippen molar-refractivity contribution in [1.29, 1.82) is 0 Å². The van der Waals surface area contributed by atoms with Gasteiger partial charge in [-0.15, -0.1) is 0 Å². The fourth-order valence-electron chi connectivity index (χ4n) is 2.92. The van der Waals surface area contributed by atoms with Crippen LogP contribution in [0.5, 0.6) is 0 Å². The lowest BCUT2D eigenvalue weighted by atomic mass is 9.83. The summed E-state index contributed by atoms with van der Waals surface area (Å²) in [4.78, 5) is 11.4. The zero-order valence-corrected chi connectivity index (χ0v) is 11.5. The first-order valence-corrected chi connectivity index (χ1v) is 7.12. The van der Waals surface area contributed by atoms with Gasteiger partial charge >= 0.3 is 5.97 Å². The number of rotatable bonds is 3. The molecule has 1 fully saturated rings. The zero-order chi connectivity index (χ0) is 13.8. The Balaban J connectivity index is 2.16. The van der Waals surface area contributed by atoms with E-state index in [-0.39, 0.29) is 17.7 Å². The molecular formula is C15H18ClFO2. The molecule has 0 amide bonds. The van der Waals surface area contributed by atoms with Crippen molar-refractivity contribution in [3.63, 3.8) is 0 Å². The van der Waals surface area contributed by atoms with Gasteiger partial charge in [0.05, 0.1) is 5.92 Å². The first-order chi connectivity index (χ1) is 9.08. The second-order valence-electron chi connectivity index (χ2n) is 5.28. The molecule has 0 saturated heterocycles. The van der Waals surface area contributed by atoms with Crippen LogP contribution in [0.2, 0.25) is 5.02 Å². The number of hydrogen-bond acceptors (Lipinski definition) is 1. The Morgan fingerprint density at radius 2 is 2.05 bits per heavy atom. The summed E-state index contributed by atoms with van der Waals surface area (Å²) in [5.74, 6) is -1.28. The van der Waals surface area contributed by atoms with Gasteiger partial charge in [0.15, 0.2) is 0 Å². The second kappa shape index (κ2) is 6.38. The number of benzene rings is 1. The average Bonchev–Trinajstić information content (AvgIpc) is 2.58. The van der Waals surface area contributed by atoms with Crippen LogP contribution in [0.1, 0.15) is 37.7 Å². The molecule has 1 N–H and O–H groups in total.